The second-order valence-electron chi connectivity index (χ2n) is 3.77. The van der Waals surface area contributed by atoms with E-state index in [4.69, 9.17) is 14.2 Å². The molecule has 110 valence electrons. The fourth-order valence-electron chi connectivity index (χ4n) is 1.44. The highest BCUT2D eigenvalue weighted by atomic mass is 16.5. The molecular weight excluding hydrogens is 264 g/mol. The van der Waals surface area contributed by atoms with Gasteiger partial charge in [-0.25, -0.2) is 0 Å². The Morgan fingerprint density at radius 1 is 1.10 bits per heavy atom. The molecule has 1 aromatic carbocycles. The Labute approximate surface area is 117 Å². The Morgan fingerprint density at radius 3 is 2.45 bits per heavy atom. The van der Waals surface area contributed by atoms with Crippen LogP contribution in [0.5, 0.6) is 11.5 Å². The van der Waals surface area contributed by atoms with E-state index in [1.165, 1.54) is 21.3 Å². The van der Waals surface area contributed by atoms with E-state index < -0.39 is 11.8 Å². The lowest BCUT2D eigenvalue weighted by molar-refractivity contribution is -0.136. The molecule has 2 amide bonds. The highest BCUT2D eigenvalue weighted by Gasteiger charge is 2.15. The molecule has 0 unspecified atom stereocenters. The van der Waals surface area contributed by atoms with Crippen LogP contribution in [-0.2, 0) is 14.3 Å². The maximum absolute atomic E-state index is 11.7. The van der Waals surface area contributed by atoms with Gasteiger partial charge in [0.15, 0.2) is 0 Å². The number of hydrogen-bond donors (Lipinski definition) is 2. The summed E-state index contributed by atoms with van der Waals surface area (Å²) in [6, 6.07) is 4.89. The number of nitrogens with one attached hydrogen (secondary N) is 2. The molecule has 20 heavy (non-hydrogen) atoms. The fraction of sp³-hybridized carbons (Fsp3) is 0.385. The van der Waals surface area contributed by atoms with E-state index >= 15 is 0 Å². The van der Waals surface area contributed by atoms with Gasteiger partial charge in [0.1, 0.15) is 11.5 Å². The van der Waals surface area contributed by atoms with Crippen LogP contribution in [0.1, 0.15) is 0 Å². The Balaban J connectivity index is 2.71. The molecule has 0 saturated heterocycles. The van der Waals surface area contributed by atoms with Gasteiger partial charge in [0.25, 0.3) is 0 Å². The van der Waals surface area contributed by atoms with Gasteiger partial charge >= 0.3 is 11.8 Å². The highest BCUT2D eigenvalue weighted by Crippen LogP contribution is 2.28. The van der Waals surface area contributed by atoms with Crippen LogP contribution >= 0.6 is 0 Å². The van der Waals surface area contributed by atoms with Crippen molar-refractivity contribution in [2.75, 3.05) is 39.8 Å². The Kier molecular flexibility index (Phi) is 6.31. The summed E-state index contributed by atoms with van der Waals surface area (Å²) in [5, 5.41) is 4.89. The molecule has 2 N–H and O–H groups in total. The van der Waals surface area contributed by atoms with Gasteiger partial charge in [-0.3, -0.25) is 9.59 Å². The molecule has 0 aliphatic heterocycles. The standard InChI is InChI=1S/C13H18N2O5/c1-18-7-6-14-12(16)13(17)15-10-8-9(19-2)4-5-11(10)20-3/h4-5,8H,6-7H2,1-3H3,(H,14,16)(H,15,17). The minimum atomic E-state index is -0.785. The first-order valence-corrected chi connectivity index (χ1v) is 5.92. The van der Waals surface area contributed by atoms with Crippen molar-refractivity contribution in [1.82, 2.24) is 5.32 Å². The van der Waals surface area contributed by atoms with Crippen LogP contribution in [0.25, 0.3) is 0 Å². The number of benzene rings is 1. The lowest BCUT2D eigenvalue weighted by Gasteiger charge is -2.11. The van der Waals surface area contributed by atoms with Crippen molar-refractivity contribution in [3.05, 3.63) is 18.2 Å². The zero-order valence-electron chi connectivity index (χ0n) is 11.7. The molecule has 7 nitrogen and oxygen atoms in total. The quantitative estimate of drug-likeness (QED) is 0.583. The minimum absolute atomic E-state index is 0.262. The second kappa shape index (κ2) is 8.00. The number of hydrogen-bond acceptors (Lipinski definition) is 5. The monoisotopic (exact) mass is 282 g/mol. The first-order valence-electron chi connectivity index (χ1n) is 5.92. The van der Waals surface area contributed by atoms with Crippen LogP contribution in [0.15, 0.2) is 18.2 Å². The highest BCUT2D eigenvalue weighted by molar-refractivity contribution is 6.39. The predicted octanol–water partition coefficient (Wildman–Crippen LogP) is 0.405. The van der Waals surface area contributed by atoms with Gasteiger partial charge in [-0.2, -0.15) is 0 Å². The summed E-state index contributed by atoms with van der Waals surface area (Å²) >= 11 is 0. The van der Waals surface area contributed by atoms with Crippen molar-refractivity contribution in [3.63, 3.8) is 0 Å². The Hall–Kier alpha value is -2.28. The fourth-order valence-corrected chi connectivity index (χ4v) is 1.44. The third kappa shape index (κ3) is 4.43. The van der Waals surface area contributed by atoms with Crippen LogP contribution < -0.4 is 20.1 Å². The average molecular weight is 282 g/mol. The molecule has 0 radical (unpaired) electrons. The van der Waals surface area contributed by atoms with E-state index in [0.717, 1.165) is 0 Å². The van der Waals surface area contributed by atoms with Crippen LogP contribution in [0, 0.1) is 0 Å². The van der Waals surface area contributed by atoms with E-state index in [1.54, 1.807) is 18.2 Å². The topological polar surface area (TPSA) is 85.9 Å². The Bertz CT molecular complexity index is 476. The summed E-state index contributed by atoms with van der Waals surface area (Å²) in [6.07, 6.45) is 0. The van der Waals surface area contributed by atoms with E-state index in [9.17, 15) is 9.59 Å². The lowest BCUT2D eigenvalue weighted by Crippen LogP contribution is -2.37. The summed E-state index contributed by atoms with van der Waals surface area (Å²) < 4.78 is 14.9. The molecule has 0 atom stereocenters. The van der Waals surface area contributed by atoms with Crippen LogP contribution in [0.2, 0.25) is 0 Å². The summed E-state index contributed by atoms with van der Waals surface area (Å²) in [5.41, 5.74) is 0.360. The van der Waals surface area contributed by atoms with Gasteiger partial charge in [0.2, 0.25) is 0 Å². The summed E-state index contributed by atoms with van der Waals surface area (Å²) in [7, 11) is 4.48. The first-order chi connectivity index (χ1) is 9.62. The number of ether oxygens (including phenoxy) is 3. The zero-order chi connectivity index (χ0) is 15.0. The maximum atomic E-state index is 11.7. The van der Waals surface area contributed by atoms with Crippen molar-refractivity contribution in [3.8, 4) is 11.5 Å². The molecule has 0 aliphatic rings. The number of amides is 2. The van der Waals surface area contributed by atoms with E-state index in [2.05, 4.69) is 10.6 Å². The lowest BCUT2D eigenvalue weighted by atomic mass is 10.2. The average Bonchev–Trinajstić information content (AvgIpc) is 2.47. The van der Waals surface area contributed by atoms with Gasteiger partial charge in [0, 0.05) is 19.7 Å². The van der Waals surface area contributed by atoms with Crippen molar-refractivity contribution in [2.24, 2.45) is 0 Å². The first kappa shape index (κ1) is 15.8. The predicted molar refractivity (Wildman–Crippen MR) is 73.1 cm³/mol. The Morgan fingerprint density at radius 2 is 1.85 bits per heavy atom. The third-order valence-corrected chi connectivity index (χ3v) is 2.45. The smallest absolute Gasteiger partial charge is 0.313 e. The number of anilines is 1. The van der Waals surface area contributed by atoms with Crippen molar-refractivity contribution in [2.45, 2.75) is 0 Å². The third-order valence-electron chi connectivity index (χ3n) is 2.45. The van der Waals surface area contributed by atoms with Crippen LogP contribution in [0.3, 0.4) is 0 Å². The molecule has 0 fully saturated rings. The SMILES string of the molecule is COCCNC(=O)C(=O)Nc1cc(OC)ccc1OC. The van der Waals surface area contributed by atoms with E-state index in [1.807, 2.05) is 0 Å². The molecule has 0 aliphatic carbocycles. The van der Waals surface area contributed by atoms with E-state index in [0.29, 0.717) is 23.8 Å². The van der Waals surface area contributed by atoms with E-state index in [-0.39, 0.29) is 6.54 Å². The molecule has 0 bridgehead atoms. The number of rotatable bonds is 6. The minimum Gasteiger partial charge on any atom is -0.497 e. The van der Waals surface area contributed by atoms with Gasteiger partial charge in [-0.05, 0) is 12.1 Å². The van der Waals surface area contributed by atoms with Gasteiger partial charge in [-0.1, -0.05) is 0 Å². The molecule has 1 rings (SSSR count). The second-order valence-corrected chi connectivity index (χ2v) is 3.77. The molecule has 7 heteroatoms. The summed E-state index contributed by atoms with van der Waals surface area (Å²) in [5.74, 6) is -0.552. The number of carbonyl (C=O) groups excluding carboxylic acids is 2. The molecule has 0 saturated carbocycles. The van der Waals surface area contributed by atoms with Crippen molar-refractivity contribution < 1.29 is 23.8 Å². The van der Waals surface area contributed by atoms with Gasteiger partial charge < -0.3 is 24.8 Å². The van der Waals surface area contributed by atoms with Crippen molar-refractivity contribution in [1.29, 1.82) is 0 Å². The molecule has 1 aromatic rings. The van der Waals surface area contributed by atoms with Gasteiger partial charge in [-0.15, -0.1) is 0 Å². The molecule has 0 aromatic heterocycles. The number of carbonyl (C=O) groups is 2. The zero-order valence-corrected chi connectivity index (χ0v) is 11.7. The van der Waals surface area contributed by atoms with Crippen LogP contribution in [0.4, 0.5) is 5.69 Å². The molecular formula is C13H18N2O5. The van der Waals surface area contributed by atoms with Crippen LogP contribution in [-0.4, -0.2) is 46.3 Å². The van der Waals surface area contributed by atoms with Gasteiger partial charge in [0.05, 0.1) is 26.5 Å². The molecule has 0 heterocycles. The summed E-state index contributed by atoms with van der Waals surface area (Å²) in [6.45, 7) is 0.597. The molecule has 0 spiro atoms. The summed E-state index contributed by atoms with van der Waals surface area (Å²) in [4.78, 5) is 23.2. The van der Waals surface area contributed by atoms with Crippen molar-refractivity contribution >= 4 is 17.5 Å². The largest absolute Gasteiger partial charge is 0.497 e. The number of methoxy groups -OCH3 is 3. The maximum Gasteiger partial charge on any atom is 0.313 e. The normalized spacial score (nSPS) is 9.75.